The molecule has 1 saturated heterocycles. The van der Waals surface area contributed by atoms with E-state index in [4.69, 9.17) is 23.2 Å². The van der Waals surface area contributed by atoms with Gasteiger partial charge in [-0.15, -0.1) is 21.5 Å². The predicted molar refractivity (Wildman–Crippen MR) is 115 cm³/mol. The summed E-state index contributed by atoms with van der Waals surface area (Å²) in [5, 5.41) is 14.6. The summed E-state index contributed by atoms with van der Waals surface area (Å²) in [6.45, 7) is 1.48. The van der Waals surface area contributed by atoms with Crippen molar-refractivity contribution in [1.29, 1.82) is 0 Å². The van der Waals surface area contributed by atoms with Crippen LogP contribution in [0, 0.1) is 5.92 Å². The smallest absolute Gasteiger partial charge is 0.229 e. The van der Waals surface area contributed by atoms with Crippen molar-refractivity contribution in [3.05, 3.63) is 57.9 Å². The van der Waals surface area contributed by atoms with Gasteiger partial charge in [0, 0.05) is 18.8 Å². The summed E-state index contributed by atoms with van der Waals surface area (Å²) in [5.74, 6) is 0.653. The number of carbonyl (C=O) groups excluding carboxylic acids is 1. The predicted octanol–water partition coefficient (Wildman–Crippen LogP) is 5.37. The third kappa shape index (κ3) is 4.29. The van der Waals surface area contributed by atoms with E-state index in [1.54, 1.807) is 29.5 Å². The molecule has 3 heterocycles. The number of hydrogen-bond donors (Lipinski definition) is 1. The molecule has 1 amide bonds. The van der Waals surface area contributed by atoms with Crippen molar-refractivity contribution >= 4 is 52.0 Å². The van der Waals surface area contributed by atoms with Crippen molar-refractivity contribution in [3.8, 4) is 10.6 Å². The second kappa shape index (κ2) is 8.47. The van der Waals surface area contributed by atoms with Crippen LogP contribution in [0.3, 0.4) is 0 Å². The fourth-order valence-electron chi connectivity index (χ4n) is 3.27. The molecule has 1 aliphatic rings. The first-order chi connectivity index (χ1) is 13.6. The van der Waals surface area contributed by atoms with Crippen LogP contribution in [0.1, 0.15) is 12.8 Å². The first kappa shape index (κ1) is 19.2. The van der Waals surface area contributed by atoms with Crippen LogP contribution in [0.15, 0.2) is 47.8 Å². The molecule has 144 valence electrons. The molecular formula is C20H18Cl2N4OS. The number of carbonyl (C=O) groups is 1. The fourth-order valence-corrected chi connectivity index (χ4v) is 4.26. The number of benzene rings is 1. The number of anilines is 2. The number of halogens is 2. The van der Waals surface area contributed by atoms with E-state index in [1.807, 2.05) is 29.6 Å². The van der Waals surface area contributed by atoms with Gasteiger partial charge in [0.1, 0.15) is 5.69 Å². The van der Waals surface area contributed by atoms with Crippen LogP contribution in [0.2, 0.25) is 10.0 Å². The Morgan fingerprint density at radius 3 is 2.75 bits per heavy atom. The number of thiophene rings is 1. The zero-order valence-corrected chi connectivity index (χ0v) is 17.3. The monoisotopic (exact) mass is 432 g/mol. The summed E-state index contributed by atoms with van der Waals surface area (Å²) >= 11 is 13.6. The Labute approximate surface area is 177 Å². The molecule has 1 atom stereocenters. The maximum absolute atomic E-state index is 12.7. The Morgan fingerprint density at radius 1 is 1.14 bits per heavy atom. The minimum atomic E-state index is -0.123. The Bertz CT molecular complexity index is 963. The third-order valence-electron chi connectivity index (χ3n) is 4.73. The Balaban J connectivity index is 1.42. The van der Waals surface area contributed by atoms with Crippen LogP contribution in [0.5, 0.6) is 0 Å². The van der Waals surface area contributed by atoms with Crippen LogP contribution in [0.25, 0.3) is 10.6 Å². The summed E-state index contributed by atoms with van der Waals surface area (Å²) in [5.41, 5.74) is 1.52. The molecule has 0 spiro atoms. The second-order valence-corrected chi connectivity index (χ2v) is 8.42. The van der Waals surface area contributed by atoms with Crippen molar-refractivity contribution in [2.45, 2.75) is 12.8 Å². The van der Waals surface area contributed by atoms with Crippen LogP contribution >= 0.6 is 34.5 Å². The average Bonchev–Trinajstić information content (AvgIpc) is 3.26. The standard InChI is InChI=1S/C20H18Cl2N4OS/c21-15-6-5-14(11-16(15)22)23-20(27)13-3-1-9-26(12-13)19-8-7-17(24-25-19)18-4-2-10-28-18/h2,4-8,10-11,13H,1,3,9,12H2,(H,23,27). The summed E-state index contributed by atoms with van der Waals surface area (Å²) in [7, 11) is 0. The van der Waals surface area contributed by atoms with Gasteiger partial charge in [-0.3, -0.25) is 4.79 Å². The van der Waals surface area contributed by atoms with Gasteiger partial charge in [0.25, 0.3) is 0 Å². The van der Waals surface area contributed by atoms with Crippen molar-refractivity contribution in [2.75, 3.05) is 23.3 Å². The van der Waals surface area contributed by atoms with Crippen molar-refractivity contribution in [2.24, 2.45) is 5.92 Å². The first-order valence-corrected chi connectivity index (χ1v) is 10.6. The van der Waals surface area contributed by atoms with E-state index < -0.39 is 0 Å². The van der Waals surface area contributed by atoms with Gasteiger partial charge in [0.15, 0.2) is 5.82 Å². The van der Waals surface area contributed by atoms with E-state index in [2.05, 4.69) is 20.4 Å². The SMILES string of the molecule is O=C(Nc1ccc(Cl)c(Cl)c1)C1CCCN(c2ccc(-c3cccs3)nn2)C1. The van der Waals surface area contributed by atoms with Crippen LogP contribution in [-0.2, 0) is 4.79 Å². The van der Waals surface area contributed by atoms with Gasteiger partial charge in [-0.2, -0.15) is 0 Å². The molecule has 1 aromatic carbocycles. The minimum Gasteiger partial charge on any atom is -0.354 e. The van der Waals surface area contributed by atoms with Gasteiger partial charge >= 0.3 is 0 Å². The number of amides is 1. The molecule has 0 aliphatic carbocycles. The van der Waals surface area contributed by atoms with E-state index >= 15 is 0 Å². The normalized spacial score (nSPS) is 16.8. The molecule has 0 bridgehead atoms. The summed E-state index contributed by atoms with van der Waals surface area (Å²) in [6, 6.07) is 13.1. The molecule has 5 nitrogen and oxygen atoms in total. The van der Waals surface area contributed by atoms with E-state index in [-0.39, 0.29) is 11.8 Å². The molecule has 1 N–H and O–H groups in total. The molecule has 1 fully saturated rings. The summed E-state index contributed by atoms with van der Waals surface area (Å²) in [6.07, 6.45) is 1.76. The van der Waals surface area contributed by atoms with Crippen LogP contribution in [0.4, 0.5) is 11.5 Å². The molecule has 3 aromatic rings. The lowest BCUT2D eigenvalue weighted by Gasteiger charge is -2.32. The maximum atomic E-state index is 12.7. The quantitative estimate of drug-likeness (QED) is 0.601. The molecule has 4 rings (SSSR count). The molecule has 1 aliphatic heterocycles. The van der Waals surface area contributed by atoms with Gasteiger partial charge in [0.2, 0.25) is 5.91 Å². The lowest BCUT2D eigenvalue weighted by molar-refractivity contribution is -0.120. The van der Waals surface area contributed by atoms with Crippen molar-refractivity contribution < 1.29 is 4.79 Å². The number of hydrogen-bond acceptors (Lipinski definition) is 5. The van der Waals surface area contributed by atoms with Gasteiger partial charge in [0.05, 0.1) is 20.8 Å². The second-order valence-electron chi connectivity index (χ2n) is 6.66. The number of rotatable bonds is 4. The van der Waals surface area contributed by atoms with Gasteiger partial charge in [-0.05, 0) is 54.6 Å². The third-order valence-corrected chi connectivity index (χ3v) is 6.36. The molecule has 0 radical (unpaired) electrons. The molecular weight excluding hydrogens is 415 g/mol. The molecule has 1 unspecified atom stereocenters. The number of piperidine rings is 1. The first-order valence-electron chi connectivity index (χ1n) is 8.98. The number of nitrogens with one attached hydrogen (secondary N) is 1. The van der Waals surface area contributed by atoms with Gasteiger partial charge in [-0.25, -0.2) is 0 Å². The highest BCUT2D eigenvalue weighted by Gasteiger charge is 2.27. The zero-order chi connectivity index (χ0) is 19.5. The van der Waals surface area contributed by atoms with Crippen LogP contribution in [-0.4, -0.2) is 29.2 Å². The van der Waals surface area contributed by atoms with Gasteiger partial charge in [-0.1, -0.05) is 29.3 Å². The Hall–Kier alpha value is -2.15. The number of aromatic nitrogens is 2. The minimum absolute atomic E-state index is 0.0220. The van der Waals surface area contributed by atoms with E-state index in [0.717, 1.165) is 35.8 Å². The number of nitrogens with zero attached hydrogens (tertiary/aromatic N) is 3. The van der Waals surface area contributed by atoms with Crippen molar-refractivity contribution in [3.63, 3.8) is 0 Å². The average molecular weight is 433 g/mol. The highest BCUT2D eigenvalue weighted by Crippen LogP contribution is 2.28. The lowest BCUT2D eigenvalue weighted by atomic mass is 9.97. The van der Waals surface area contributed by atoms with Gasteiger partial charge < -0.3 is 10.2 Å². The Kier molecular flexibility index (Phi) is 5.80. The fraction of sp³-hybridized carbons (Fsp3) is 0.250. The largest absolute Gasteiger partial charge is 0.354 e. The lowest BCUT2D eigenvalue weighted by Crippen LogP contribution is -2.41. The molecule has 0 saturated carbocycles. The Morgan fingerprint density at radius 2 is 2.04 bits per heavy atom. The van der Waals surface area contributed by atoms with Crippen molar-refractivity contribution in [1.82, 2.24) is 10.2 Å². The molecule has 8 heteroatoms. The molecule has 28 heavy (non-hydrogen) atoms. The van der Waals surface area contributed by atoms with E-state index in [1.165, 1.54) is 0 Å². The van der Waals surface area contributed by atoms with E-state index in [0.29, 0.717) is 22.3 Å². The van der Waals surface area contributed by atoms with E-state index in [9.17, 15) is 4.79 Å². The highest BCUT2D eigenvalue weighted by molar-refractivity contribution is 7.13. The molecule has 2 aromatic heterocycles. The summed E-state index contributed by atoms with van der Waals surface area (Å²) in [4.78, 5) is 15.9. The maximum Gasteiger partial charge on any atom is 0.229 e. The highest BCUT2D eigenvalue weighted by atomic mass is 35.5. The zero-order valence-electron chi connectivity index (χ0n) is 14.9. The topological polar surface area (TPSA) is 58.1 Å². The summed E-state index contributed by atoms with van der Waals surface area (Å²) < 4.78 is 0. The van der Waals surface area contributed by atoms with Crippen LogP contribution < -0.4 is 10.2 Å².